The van der Waals surface area contributed by atoms with Gasteiger partial charge in [0.2, 0.25) is 11.7 Å². The van der Waals surface area contributed by atoms with Crippen molar-refractivity contribution in [2.24, 2.45) is 5.73 Å². The number of halogens is 2. The summed E-state index contributed by atoms with van der Waals surface area (Å²) in [6.45, 7) is 5.71. The molecule has 0 saturated carbocycles. The number of piperidine rings is 1. The molecular formula is C35H41Cl2N3O5. The zero-order valence-corrected chi connectivity index (χ0v) is 27.6. The fourth-order valence-corrected chi connectivity index (χ4v) is 7.22. The topological polar surface area (TPSA) is 94.3 Å². The number of likely N-dealkylation sites (tertiary alicyclic amines) is 2. The lowest BCUT2D eigenvalue weighted by Gasteiger charge is -2.41. The number of methoxy groups -OCH3 is 2. The Balaban J connectivity index is 1.37. The summed E-state index contributed by atoms with van der Waals surface area (Å²) in [7, 11) is 3.09. The number of nitrogens with two attached hydrogens (primary N) is 1. The number of benzene rings is 3. The van der Waals surface area contributed by atoms with E-state index in [0.717, 1.165) is 43.6 Å². The van der Waals surface area contributed by atoms with Gasteiger partial charge in [0.05, 0.1) is 36.3 Å². The molecule has 2 aliphatic rings. The van der Waals surface area contributed by atoms with Crippen molar-refractivity contribution >= 4 is 35.0 Å². The lowest BCUT2D eigenvalue weighted by Crippen LogP contribution is -2.50. The van der Waals surface area contributed by atoms with Gasteiger partial charge < -0.3 is 29.7 Å². The highest BCUT2D eigenvalue weighted by Crippen LogP contribution is 2.43. The van der Waals surface area contributed by atoms with Crippen LogP contribution >= 0.6 is 23.2 Å². The zero-order valence-electron chi connectivity index (χ0n) is 26.1. The van der Waals surface area contributed by atoms with Crippen LogP contribution in [0.1, 0.15) is 54.1 Å². The van der Waals surface area contributed by atoms with E-state index >= 15 is 0 Å². The lowest BCUT2D eigenvalue weighted by molar-refractivity contribution is -0.125. The maximum Gasteiger partial charge on any atom is 0.254 e. The van der Waals surface area contributed by atoms with Crippen molar-refractivity contribution in [3.63, 3.8) is 0 Å². The summed E-state index contributed by atoms with van der Waals surface area (Å²) < 4.78 is 16.8. The molecular weight excluding hydrogens is 613 g/mol. The van der Waals surface area contributed by atoms with Crippen LogP contribution in [0.5, 0.6) is 17.2 Å². The lowest BCUT2D eigenvalue weighted by atomic mass is 9.71. The monoisotopic (exact) mass is 653 g/mol. The molecule has 0 aromatic heterocycles. The molecule has 5 rings (SSSR count). The smallest absolute Gasteiger partial charge is 0.254 e. The minimum absolute atomic E-state index is 0.106. The molecule has 240 valence electrons. The van der Waals surface area contributed by atoms with Crippen molar-refractivity contribution in [1.82, 2.24) is 9.80 Å². The first kappa shape index (κ1) is 32.9. The predicted molar refractivity (Wildman–Crippen MR) is 177 cm³/mol. The molecule has 2 N–H and O–H groups in total. The van der Waals surface area contributed by atoms with E-state index in [0.29, 0.717) is 65.4 Å². The summed E-state index contributed by atoms with van der Waals surface area (Å²) in [4.78, 5) is 31.0. The van der Waals surface area contributed by atoms with Crippen LogP contribution in [0, 0.1) is 0 Å². The predicted octanol–water partition coefficient (Wildman–Crippen LogP) is 6.10. The van der Waals surface area contributed by atoms with Gasteiger partial charge in [-0.05, 0) is 87.6 Å². The quantitative estimate of drug-likeness (QED) is 0.269. The Bertz CT molecular complexity index is 1530. The Hall–Kier alpha value is -3.46. The van der Waals surface area contributed by atoms with Crippen molar-refractivity contribution in [1.29, 1.82) is 0 Å². The summed E-state index contributed by atoms with van der Waals surface area (Å²) in [6.07, 6.45) is 2.90. The van der Waals surface area contributed by atoms with E-state index in [4.69, 9.17) is 43.1 Å². The Morgan fingerprint density at radius 3 is 2.20 bits per heavy atom. The second-order valence-electron chi connectivity index (χ2n) is 11.9. The molecule has 3 aromatic carbocycles. The van der Waals surface area contributed by atoms with Gasteiger partial charge in [0.25, 0.3) is 5.91 Å². The highest BCUT2D eigenvalue weighted by molar-refractivity contribution is 6.42. The molecule has 0 bridgehead atoms. The summed E-state index contributed by atoms with van der Waals surface area (Å²) >= 11 is 12.8. The summed E-state index contributed by atoms with van der Waals surface area (Å²) in [5, 5.41) is 0.988. The molecule has 8 nitrogen and oxygen atoms in total. The van der Waals surface area contributed by atoms with E-state index in [1.54, 1.807) is 26.4 Å². The standard InChI is InChI=1S/C35H41Cl2N3O5/c1-4-45-30-21-24(20-29(43-2)31(30)44-3)32(41)40-19-13-34(23-40,26-10-11-27(36)28(37)22-26)12-16-39-17-14-35(15-18-39,33(38)42)25-8-6-5-7-9-25/h5-11,20-22H,4,12-19,23H2,1-3H3,(H2,38,42)/t34-/m0/s1. The summed E-state index contributed by atoms with van der Waals surface area (Å²) in [6, 6.07) is 19.1. The van der Waals surface area contributed by atoms with Gasteiger partial charge >= 0.3 is 0 Å². The van der Waals surface area contributed by atoms with E-state index in [1.807, 2.05) is 60.4 Å². The average Bonchev–Trinajstić information content (AvgIpc) is 3.50. The first-order chi connectivity index (χ1) is 21.7. The molecule has 2 fully saturated rings. The third kappa shape index (κ3) is 6.60. The number of amides is 2. The van der Waals surface area contributed by atoms with E-state index in [-0.39, 0.29) is 17.2 Å². The highest BCUT2D eigenvalue weighted by atomic mass is 35.5. The third-order valence-electron chi connectivity index (χ3n) is 9.58. The average molecular weight is 655 g/mol. The molecule has 0 unspecified atom stereocenters. The maximum absolute atomic E-state index is 14.0. The largest absolute Gasteiger partial charge is 0.493 e. The Morgan fingerprint density at radius 2 is 1.58 bits per heavy atom. The van der Waals surface area contributed by atoms with Gasteiger partial charge in [-0.15, -0.1) is 0 Å². The molecule has 0 radical (unpaired) electrons. The van der Waals surface area contributed by atoms with Crippen molar-refractivity contribution in [2.75, 3.05) is 53.6 Å². The Labute approximate surface area is 275 Å². The number of rotatable bonds is 11. The highest BCUT2D eigenvalue weighted by Gasteiger charge is 2.44. The third-order valence-corrected chi connectivity index (χ3v) is 10.3. The molecule has 1 atom stereocenters. The Morgan fingerprint density at radius 1 is 0.867 bits per heavy atom. The molecule has 3 aromatic rings. The van der Waals surface area contributed by atoms with E-state index in [1.165, 1.54) is 0 Å². The van der Waals surface area contributed by atoms with E-state index in [9.17, 15) is 9.59 Å². The minimum atomic E-state index is -0.657. The van der Waals surface area contributed by atoms with Gasteiger partial charge in [-0.1, -0.05) is 59.6 Å². The number of carbonyl (C=O) groups excluding carboxylic acids is 2. The van der Waals surface area contributed by atoms with Crippen LogP contribution in [0.4, 0.5) is 0 Å². The van der Waals surface area contributed by atoms with Crippen molar-refractivity contribution in [2.45, 2.75) is 43.4 Å². The number of carbonyl (C=O) groups is 2. The van der Waals surface area contributed by atoms with Crippen LogP contribution in [-0.2, 0) is 15.6 Å². The number of nitrogens with zero attached hydrogens (tertiary/aromatic N) is 2. The summed E-state index contributed by atoms with van der Waals surface area (Å²) in [5.74, 6) is 0.982. The van der Waals surface area contributed by atoms with Gasteiger partial charge in [-0.2, -0.15) is 0 Å². The molecule has 0 aliphatic carbocycles. The Kier molecular flexibility index (Phi) is 10.2. The van der Waals surface area contributed by atoms with Crippen LogP contribution in [0.2, 0.25) is 10.0 Å². The van der Waals surface area contributed by atoms with E-state index < -0.39 is 5.41 Å². The van der Waals surface area contributed by atoms with Crippen LogP contribution in [0.25, 0.3) is 0 Å². The van der Waals surface area contributed by atoms with Crippen LogP contribution in [0.3, 0.4) is 0 Å². The number of hydrogen-bond acceptors (Lipinski definition) is 6. The number of primary amides is 1. The summed E-state index contributed by atoms with van der Waals surface area (Å²) in [5.41, 5.74) is 7.51. The molecule has 0 spiro atoms. The molecule has 2 heterocycles. The van der Waals surface area contributed by atoms with Crippen LogP contribution in [-0.4, -0.2) is 75.2 Å². The number of ether oxygens (including phenoxy) is 3. The second-order valence-corrected chi connectivity index (χ2v) is 12.7. The van der Waals surface area contributed by atoms with Gasteiger partial charge in [-0.3, -0.25) is 9.59 Å². The normalized spacial score (nSPS) is 19.7. The SMILES string of the molecule is CCOc1cc(C(=O)N2CC[C@](CCN3CCC(C(N)=O)(c4ccccc4)CC3)(c3ccc(Cl)c(Cl)c3)C2)cc(OC)c1OC. The maximum atomic E-state index is 14.0. The minimum Gasteiger partial charge on any atom is -0.493 e. The zero-order chi connectivity index (χ0) is 32.2. The first-order valence-corrected chi connectivity index (χ1v) is 16.1. The van der Waals surface area contributed by atoms with Crippen LogP contribution in [0.15, 0.2) is 60.7 Å². The van der Waals surface area contributed by atoms with Gasteiger partial charge in [0.1, 0.15) is 0 Å². The van der Waals surface area contributed by atoms with Crippen molar-refractivity contribution < 1.29 is 23.8 Å². The number of hydrogen-bond donors (Lipinski definition) is 1. The van der Waals surface area contributed by atoms with Gasteiger partial charge in [0.15, 0.2) is 11.5 Å². The van der Waals surface area contributed by atoms with Crippen molar-refractivity contribution in [3.05, 3.63) is 87.4 Å². The van der Waals surface area contributed by atoms with Crippen molar-refractivity contribution in [3.8, 4) is 17.2 Å². The molecule has 2 aliphatic heterocycles. The van der Waals surface area contributed by atoms with E-state index in [2.05, 4.69) is 4.90 Å². The first-order valence-electron chi connectivity index (χ1n) is 15.4. The van der Waals surface area contributed by atoms with Crippen LogP contribution < -0.4 is 19.9 Å². The second kappa shape index (κ2) is 13.9. The molecule has 45 heavy (non-hydrogen) atoms. The van der Waals surface area contributed by atoms with Gasteiger partial charge in [0, 0.05) is 24.1 Å². The molecule has 10 heteroatoms. The van der Waals surface area contributed by atoms with Gasteiger partial charge in [-0.25, -0.2) is 0 Å². The fraction of sp³-hybridized carbons (Fsp3) is 0.429. The molecule has 2 saturated heterocycles. The fourth-order valence-electron chi connectivity index (χ4n) is 6.92. The molecule has 2 amide bonds.